The van der Waals surface area contributed by atoms with Crippen LogP contribution in [0.2, 0.25) is 10.0 Å². The molecule has 1 aliphatic carbocycles. The number of carbonyl (C=O) groups excluding carboxylic acids is 1. The zero-order chi connectivity index (χ0) is 18.9. The Kier molecular flexibility index (Phi) is 5.46. The van der Waals surface area contributed by atoms with Gasteiger partial charge in [0, 0.05) is 6.04 Å². The molecule has 0 atom stereocenters. The Labute approximate surface area is 163 Å². The van der Waals surface area contributed by atoms with Gasteiger partial charge >= 0.3 is 0 Å². The Bertz CT molecular complexity index is 926. The molecule has 0 bridgehead atoms. The summed E-state index contributed by atoms with van der Waals surface area (Å²) in [6.45, 7) is 1.50. The molecule has 2 aromatic carbocycles. The van der Waals surface area contributed by atoms with Crippen LogP contribution in [0.3, 0.4) is 0 Å². The van der Waals surface area contributed by atoms with Crippen molar-refractivity contribution in [2.45, 2.75) is 30.7 Å². The van der Waals surface area contributed by atoms with Crippen molar-refractivity contribution in [3.63, 3.8) is 0 Å². The van der Waals surface area contributed by atoms with Crippen LogP contribution in [-0.2, 0) is 14.8 Å². The van der Waals surface area contributed by atoms with Gasteiger partial charge in [-0.2, -0.15) is 0 Å². The van der Waals surface area contributed by atoms with Crippen LogP contribution >= 0.6 is 23.2 Å². The Hall–Kier alpha value is -1.76. The van der Waals surface area contributed by atoms with E-state index in [0.29, 0.717) is 0 Å². The lowest BCUT2D eigenvalue weighted by molar-refractivity contribution is -0.119. The zero-order valence-corrected chi connectivity index (χ0v) is 16.4. The summed E-state index contributed by atoms with van der Waals surface area (Å²) in [6.07, 6.45) is 1.82. The molecule has 8 heteroatoms. The summed E-state index contributed by atoms with van der Waals surface area (Å²) in [5.74, 6) is -0.376. The first kappa shape index (κ1) is 19.0. The van der Waals surface area contributed by atoms with Gasteiger partial charge < -0.3 is 5.32 Å². The number of rotatable bonds is 6. The number of nitrogens with zero attached hydrogens (tertiary/aromatic N) is 1. The van der Waals surface area contributed by atoms with E-state index in [9.17, 15) is 13.2 Å². The molecular weight excluding hydrogens is 395 g/mol. The standard InChI is InChI=1S/C18H18Cl2N2O3S/c1-12-5-9-14(10-6-12)26(24,25)22(11-17(23)21-13-7-8-13)16-4-2-3-15(19)18(16)20/h2-6,9-10,13H,7-8,11H2,1H3,(H,21,23). The third-order valence-corrected chi connectivity index (χ3v) is 6.62. The lowest BCUT2D eigenvalue weighted by Crippen LogP contribution is -2.41. The maximum Gasteiger partial charge on any atom is 0.264 e. The van der Waals surface area contributed by atoms with Crippen molar-refractivity contribution in [1.29, 1.82) is 0 Å². The third kappa shape index (κ3) is 4.14. The van der Waals surface area contributed by atoms with Crippen LogP contribution in [0.1, 0.15) is 18.4 Å². The fourth-order valence-electron chi connectivity index (χ4n) is 2.45. The number of benzene rings is 2. The smallest absolute Gasteiger partial charge is 0.264 e. The van der Waals surface area contributed by atoms with E-state index in [1.807, 2.05) is 6.92 Å². The Morgan fingerprint density at radius 2 is 1.81 bits per heavy atom. The molecule has 0 spiro atoms. The predicted molar refractivity (Wildman–Crippen MR) is 103 cm³/mol. The van der Waals surface area contributed by atoms with Gasteiger partial charge in [-0.05, 0) is 44.0 Å². The average Bonchev–Trinajstić information content (AvgIpc) is 3.40. The molecule has 1 amide bonds. The SMILES string of the molecule is Cc1ccc(S(=O)(=O)N(CC(=O)NC2CC2)c2cccc(Cl)c2Cl)cc1. The Morgan fingerprint density at radius 3 is 2.42 bits per heavy atom. The molecule has 0 saturated heterocycles. The van der Waals surface area contributed by atoms with Crippen molar-refractivity contribution >= 4 is 44.8 Å². The quantitative estimate of drug-likeness (QED) is 0.784. The van der Waals surface area contributed by atoms with Gasteiger partial charge in [0.25, 0.3) is 10.0 Å². The molecule has 1 N–H and O–H groups in total. The summed E-state index contributed by atoms with van der Waals surface area (Å²) in [7, 11) is -3.99. The molecule has 2 aromatic rings. The molecule has 1 saturated carbocycles. The molecule has 0 radical (unpaired) electrons. The van der Waals surface area contributed by atoms with E-state index in [4.69, 9.17) is 23.2 Å². The highest BCUT2D eigenvalue weighted by Crippen LogP contribution is 2.35. The fraction of sp³-hybridized carbons (Fsp3) is 0.278. The van der Waals surface area contributed by atoms with Gasteiger partial charge in [-0.15, -0.1) is 0 Å². The first-order chi connectivity index (χ1) is 12.3. The van der Waals surface area contributed by atoms with Crippen molar-refractivity contribution in [2.75, 3.05) is 10.8 Å². The number of halogens is 2. The molecule has 3 rings (SSSR count). The maximum absolute atomic E-state index is 13.2. The number of aryl methyl sites for hydroxylation is 1. The molecule has 0 aromatic heterocycles. The average molecular weight is 413 g/mol. The van der Waals surface area contributed by atoms with Gasteiger partial charge in [0.15, 0.2) is 0 Å². The zero-order valence-electron chi connectivity index (χ0n) is 14.1. The van der Waals surface area contributed by atoms with Gasteiger partial charge in [0.2, 0.25) is 5.91 Å². The van der Waals surface area contributed by atoms with E-state index in [-0.39, 0.29) is 39.1 Å². The largest absolute Gasteiger partial charge is 0.352 e. The summed E-state index contributed by atoms with van der Waals surface area (Å²) in [6, 6.07) is 11.2. The number of carbonyl (C=O) groups is 1. The Morgan fingerprint density at radius 1 is 1.15 bits per heavy atom. The van der Waals surface area contributed by atoms with E-state index in [0.717, 1.165) is 22.7 Å². The van der Waals surface area contributed by atoms with Crippen molar-refractivity contribution in [3.05, 3.63) is 58.1 Å². The summed E-state index contributed by atoms with van der Waals surface area (Å²) in [5.41, 5.74) is 1.11. The van der Waals surface area contributed by atoms with Crippen LogP contribution < -0.4 is 9.62 Å². The highest BCUT2D eigenvalue weighted by Gasteiger charge is 2.31. The van der Waals surface area contributed by atoms with Crippen molar-refractivity contribution in [3.8, 4) is 0 Å². The minimum absolute atomic E-state index is 0.0818. The number of sulfonamides is 1. The molecule has 0 heterocycles. The second-order valence-electron chi connectivity index (χ2n) is 6.24. The molecule has 0 aliphatic heterocycles. The third-order valence-electron chi connectivity index (χ3n) is 4.04. The number of amides is 1. The first-order valence-electron chi connectivity index (χ1n) is 8.12. The van der Waals surface area contributed by atoms with Crippen LogP contribution in [-0.4, -0.2) is 26.9 Å². The number of hydrogen-bond acceptors (Lipinski definition) is 3. The maximum atomic E-state index is 13.2. The highest BCUT2D eigenvalue weighted by atomic mass is 35.5. The van der Waals surface area contributed by atoms with Crippen LogP contribution in [0.15, 0.2) is 47.4 Å². The van der Waals surface area contributed by atoms with Crippen LogP contribution in [0.5, 0.6) is 0 Å². The number of nitrogens with one attached hydrogen (secondary N) is 1. The molecular formula is C18H18Cl2N2O3S. The molecule has 1 fully saturated rings. The number of anilines is 1. The predicted octanol–water partition coefficient (Wildman–Crippen LogP) is 3.78. The van der Waals surface area contributed by atoms with Gasteiger partial charge in [-0.1, -0.05) is 47.0 Å². The first-order valence-corrected chi connectivity index (χ1v) is 10.3. The van der Waals surface area contributed by atoms with Gasteiger partial charge in [0.1, 0.15) is 6.54 Å². The van der Waals surface area contributed by atoms with Crippen molar-refractivity contribution < 1.29 is 13.2 Å². The van der Waals surface area contributed by atoms with Crippen LogP contribution in [0.25, 0.3) is 0 Å². The summed E-state index contributed by atoms with van der Waals surface area (Å²) >= 11 is 12.3. The Balaban J connectivity index is 2.02. The van der Waals surface area contributed by atoms with Gasteiger partial charge in [-0.25, -0.2) is 8.42 Å². The summed E-state index contributed by atoms with van der Waals surface area (Å²) in [5, 5.41) is 3.11. The molecule has 26 heavy (non-hydrogen) atoms. The minimum atomic E-state index is -3.99. The lowest BCUT2D eigenvalue weighted by atomic mass is 10.2. The van der Waals surface area contributed by atoms with Gasteiger partial charge in [0.05, 0.1) is 20.6 Å². The summed E-state index contributed by atoms with van der Waals surface area (Å²) in [4.78, 5) is 12.4. The topological polar surface area (TPSA) is 66.5 Å². The van der Waals surface area contributed by atoms with E-state index in [1.165, 1.54) is 18.2 Å². The van der Waals surface area contributed by atoms with Crippen molar-refractivity contribution in [1.82, 2.24) is 5.32 Å². The van der Waals surface area contributed by atoms with Gasteiger partial charge in [-0.3, -0.25) is 9.10 Å². The second-order valence-corrected chi connectivity index (χ2v) is 8.89. The molecule has 0 unspecified atom stereocenters. The summed E-state index contributed by atoms with van der Waals surface area (Å²) < 4.78 is 27.4. The van der Waals surface area contributed by atoms with Crippen molar-refractivity contribution in [2.24, 2.45) is 0 Å². The fourth-order valence-corrected chi connectivity index (χ4v) is 4.33. The number of hydrogen-bond donors (Lipinski definition) is 1. The lowest BCUT2D eigenvalue weighted by Gasteiger charge is -2.25. The van der Waals surface area contributed by atoms with E-state index in [1.54, 1.807) is 24.3 Å². The molecule has 5 nitrogen and oxygen atoms in total. The second kappa shape index (κ2) is 7.47. The van der Waals surface area contributed by atoms with E-state index < -0.39 is 10.0 Å². The van der Waals surface area contributed by atoms with Crippen LogP contribution in [0, 0.1) is 6.92 Å². The van der Waals surface area contributed by atoms with E-state index >= 15 is 0 Å². The van der Waals surface area contributed by atoms with Crippen LogP contribution in [0.4, 0.5) is 5.69 Å². The minimum Gasteiger partial charge on any atom is -0.352 e. The molecule has 1 aliphatic rings. The normalized spacial score (nSPS) is 14.1. The molecule has 138 valence electrons. The monoisotopic (exact) mass is 412 g/mol. The highest BCUT2D eigenvalue weighted by molar-refractivity contribution is 7.92. The van der Waals surface area contributed by atoms with E-state index in [2.05, 4.69) is 5.32 Å².